The van der Waals surface area contributed by atoms with Gasteiger partial charge < -0.3 is 14.8 Å². The van der Waals surface area contributed by atoms with E-state index in [-0.39, 0.29) is 5.54 Å². The Labute approximate surface area is 94.6 Å². The quantitative estimate of drug-likeness (QED) is 0.834. The molecule has 2 rings (SSSR count). The van der Waals surface area contributed by atoms with Gasteiger partial charge in [0, 0.05) is 0 Å². The Hall–Kier alpha value is -1.57. The Morgan fingerprint density at radius 3 is 2.35 bits per heavy atom. The molecule has 1 aliphatic carbocycles. The van der Waals surface area contributed by atoms with Crippen LogP contribution in [0.1, 0.15) is 18.6 Å². The first kappa shape index (κ1) is 13.5. The second-order valence-electron chi connectivity index (χ2n) is 3.50. The zero-order valence-electron chi connectivity index (χ0n) is 8.91. The van der Waals surface area contributed by atoms with Gasteiger partial charge in [-0.15, -0.1) is 0 Å². The summed E-state index contributed by atoms with van der Waals surface area (Å²) in [6, 6.07) is 0. The molecule has 0 bridgehead atoms. The molecule has 0 atom stereocenters. The van der Waals surface area contributed by atoms with E-state index in [2.05, 4.69) is 10.3 Å². The fourth-order valence-electron chi connectivity index (χ4n) is 1.20. The van der Waals surface area contributed by atoms with Crippen molar-refractivity contribution in [3.8, 4) is 0 Å². The predicted octanol–water partition coefficient (Wildman–Crippen LogP) is 1.52. The maximum atomic E-state index is 10.6. The molecule has 5 nitrogen and oxygen atoms in total. The highest BCUT2D eigenvalue weighted by Crippen LogP contribution is 2.44. The number of hydrogen-bond acceptors (Lipinski definition) is 4. The lowest BCUT2D eigenvalue weighted by molar-refractivity contribution is -0.192. The van der Waals surface area contributed by atoms with Crippen LogP contribution in [-0.4, -0.2) is 29.3 Å². The number of hydrogen-bond donors (Lipinski definition) is 2. The minimum atomic E-state index is -5.08. The lowest BCUT2D eigenvalue weighted by Gasteiger charge is -2.07. The lowest BCUT2D eigenvalue weighted by Crippen LogP contribution is -2.23. The molecule has 1 aromatic rings. The third kappa shape index (κ3) is 3.45. The SMILES string of the molecule is CNC1(c2cnco2)CC1.O=C(O)C(F)(F)F. The molecule has 1 heterocycles. The van der Waals surface area contributed by atoms with E-state index in [1.807, 2.05) is 7.05 Å². The van der Waals surface area contributed by atoms with Gasteiger partial charge in [-0.3, -0.25) is 0 Å². The lowest BCUT2D eigenvalue weighted by atomic mass is 10.2. The highest BCUT2D eigenvalue weighted by molar-refractivity contribution is 5.73. The fourth-order valence-corrected chi connectivity index (χ4v) is 1.20. The van der Waals surface area contributed by atoms with Crippen molar-refractivity contribution >= 4 is 5.97 Å². The van der Waals surface area contributed by atoms with Crippen LogP contribution >= 0.6 is 0 Å². The largest absolute Gasteiger partial charge is 0.490 e. The number of alkyl halides is 3. The van der Waals surface area contributed by atoms with E-state index in [9.17, 15) is 13.2 Å². The highest BCUT2D eigenvalue weighted by atomic mass is 19.4. The molecule has 0 spiro atoms. The summed E-state index contributed by atoms with van der Waals surface area (Å²) in [7, 11) is 1.95. The van der Waals surface area contributed by atoms with Crippen LogP contribution in [0.25, 0.3) is 0 Å². The molecular weight excluding hydrogens is 241 g/mol. The minimum absolute atomic E-state index is 0.135. The number of oxazole rings is 1. The Morgan fingerprint density at radius 1 is 1.59 bits per heavy atom. The fraction of sp³-hybridized carbons (Fsp3) is 0.556. The first-order chi connectivity index (χ1) is 7.82. The first-order valence-electron chi connectivity index (χ1n) is 4.70. The summed E-state index contributed by atoms with van der Waals surface area (Å²) < 4.78 is 36.9. The number of halogens is 3. The smallest absolute Gasteiger partial charge is 0.475 e. The van der Waals surface area contributed by atoms with E-state index in [1.54, 1.807) is 6.20 Å². The van der Waals surface area contributed by atoms with E-state index in [4.69, 9.17) is 14.3 Å². The van der Waals surface area contributed by atoms with Crippen molar-refractivity contribution in [2.24, 2.45) is 0 Å². The Bertz CT molecular complexity index is 371. The summed E-state index contributed by atoms with van der Waals surface area (Å²) in [5.41, 5.74) is 0.135. The number of aliphatic carboxylic acids is 1. The van der Waals surface area contributed by atoms with E-state index < -0.39 is 12.1 Å². The molecule has 8 heteroatoms. The maximum absolute atomic E-state index is 10.6. The number of rotatable bonds is 2. The molecule has 0 unspecified atom stereocenters. The molecule has 1 saturated carbocycles. The second-order valence-corrected chi connectivity index (χ2v) is 3.50. The van der Waals surface area contributed by atoms with Gasteiger partial charge in [-0.1, -0.05) is 0 Å². The van der Waals surface area contributed by atoms with Crippen molar-refractivity contribution in [1.82, 2.24) is 10.3 Å². The van der Waals surface area contributed by atoms with Gasteiger partial charge in [0.25, 0.3) is 0 Å². The van der Waals surface area contributed by atoms with Gasteiger partial charge in [0.15, 0.2) is 6.39 Å². The van der Waals surface area contributed by atoms with Crippen molar-refractivity contribution in [2.45, 2.75) is 24.6 Å². The molecule has 0 saturated heterocycles. The number of nitrogens with zero attached hydrogens (tertiary/aromatic N) is 1. The van der Waals surface area contributed by atoms with E-state index in [0.717, 1.165) is 5.76 Å². The van der Waals surface area contributed by atoms with Gasteiger partial charge in [0.1, 0.15) is 5.76 Å². The van der Waals surface area contributed by atoms with Gasteiger partial charge in [-0.2, -0.15) is 13.2 Å². The van der Waals surface area contributed by atoms with E-state index in [0.29, 0.717) is 0 Å². The number of carboxylic acids is 1. The van der Waals surface area contributed by atoms with Gasteiger partial charge >= 0.3 is 12.1 Å². The summed E-state index contributed by atoms with van der Waals surface area (Å²) >= 11 is 0. The summed E-state index contributed by atoms with van der Waals surface area (Å²) in [5, 5.41) is 10.3. The van der Waals surface area contributed by atoms with Crippen molar-refractivity contribution in [1.29, 1.82) is 0 Å². The average molecular weight is 252 g/mol. The number of aromatic nitrogens is 1. The van der Waals surface area contributed by atoms with E-state index >= 15 is 0 Å². The Kier molecular flexibility index (Phi) is 3.76. The van der Waals surface area contributed by atoms with Crippen LogP contribution in [0, 0.1) is 0 Å². The zero-order valence-corrected chi connectivity index (χ0v) is 8.91. The standard InChI is InChI=1S/C7H10N2O.C2HF3O2/c1-8-7(2-3-7)6-4-9-5-10-6;3-2(4,5)1(6)7/h4-5,8H,2-3H2,1H3;(H,6,7). The van der Waals surface area contributed by atoms with Gasteiger partial charge in [-0.05, 0) is 19.9 Å². The summed E-state index contributed by atoms with van der Waals surface area (Å²) in [5.74, 6) is -1.79. The molecule has 1 fully saturated rings. The molecule has 0 radical (unpaired) electrons. The van der Waals surface area contributed by atoms with Crippen molar-refractivity contribution < 1.29 is 27.5 Å². The number of nitrogens with one attached hydrogen (secondary N) is 1. The zero-order chi connectivity index (χ0) is 13.1. The molecular formula is C9H11F3N2O3. The molecule has 96 valence electrons. The monoisotopic (exact) mass is 252 g/mol. The molecule has 1 aromatic heterocycles. The first-order valence-corrected chi connectivity index (χ1v) is 4.70. The third-order valence-corrected chi connectivity index (χ3v) is 2.38. The minimum Gasteiger partial charge on any atom is -0.475 e. The molecule has 2 N–H and O–H groups in total. The topological polar surface area (TPSA) is 75.4 Å². The van der Waals surface area contributed by atoms with Crippen molar-refractivity contribution in [2.75, 3.05) is 7.05 Å². The van der Waals surface area contributed by atoms with Crippen LogP contribution in [0.2, 0.25) is 0 Å². The van der Waals surface area contributed by atoms with Crippen LogP contribution in [0.5, 0.6) is 0 Å². The molecule has 17 heavy (non-hydrogen) atoms. The van der Waals surface area contributed by atoms with Gasteiger partial charge in [0.05, 0.1) is 11.7 Å². The highest BCUT2D eigenvalue weighted by Gasteiger charge is 2.45. The number of carboxylic acid groups (broad SMARTS) is 1. The van der Waals surface area contributed by atoms with Crippen LogP contribution in [-0.2, 0) is 10.3 Å². The average Bonchev–Trinajstić information content (AvgIpc) is 2.84. The molecule has 0 amide bonds. The summed E-state index contributed by atoms with van der Waals surface area (Å²) in [6.45, 7) is 0. The molecule has 0 aliphatic heterocycles. The maximum Gasteiger partial charge on any atom is 0.490 e. The molecule has 0 aromatic carbocycles. The molecule has 1 aliphatic rings. The van der Waals surface area contributed by atoms with Crippen LogP contribution < -0.4 is 5.32 Å². The number of carbonyl (C=O) groups is 1. The van der Waals surface area contributed by atoms with Crippen LogP contribution in [0.4, 0.5) is 13.2 Å². The van der Waals surface area contributed by atoms with E-state index in [1.165, 1.54) is 19.2 Å². The second kappa shape index (κ2) is 4.74. The predicted molar refractivity (Wildman–Crippen MR) is 50.2 cm³/mol. The van der Waals surface area contributed by atoms with Crippen molar-refractivity contribution in [3.63, 3.8) is 0 Å². The normalized spacial score (nSPS) is 16.9. The van der Waals surface area contributed by atoms with Gasteiger partial charge in [0.2, 0.25) is 0 Å². The summed E-state index contributed by atoms with van der Waals surface area (Å²) in [6.07, 6.45) is 0.508. The Balaban J connectivity index is 0.000000185. The van der Waals surface area contributed by atoms with Crippen molar-refractivity contribution in [3.05, 3.63) is 18.4 Å². The third-order valence-electron chi connectivity index (χ3n) is 2.38. The van der Waals surface area contributed by atoms with Gasteiger partial charge in [-0.25, -0.2) is 9.78 Å². The summed E-state index contributed by atoms with van der Waals surface area (Å²) in [4.78, 5) is 12.8. The Morgan fingerprint density at radius 2 is 2.12 bits per heavy atom. The van der Waals surface area contributed by atoms with Crippen LogP contribution in [0.15, 0.2) is 17.0 Å². The van der Waals surface area contributed by atoms with Crippen LogP contribution in [0.3, 0.4) is 0 Å².